The summed E-state index contributed by atoms with van der Waals surface area (Å²) in [6, 6.07) is 4.85. The van der Waals surface area contributed by atoms with Gasteiger partial charge in [-0.15, -0.1) is 0 Å². The van der Waals surface area contributed by atoms with Crippen molar-refractivity contribution in [2.24, 2.45) is 0 Å². The number of allylic oxidation sites excluding steroid dienone is 2. The minimum absolute atomic E-state index is 0.140. The summed E-state index contributed by atoms with van der Waals surface area (Å²) in [6.45, 7) is 1.86. The Hall–Kier alpha value is -0.990. The standard InChI is InChI=1S/C12H13Cl2NO/c1-8(15(2)3)6-12(16)10-7-9(13)4-5-11(10)14/h4-7H,1-3H3/b8-6-. The lowest BCUT2D eigenvalue weighted by atomic mass is 10.1. The number of hydrogen-bond donors (Lipinski definition) is 0. The molecule has 1 rings (SSSR count). The van der Waals surface area contributed by atoms with Gasteiger partial charge in [0.25, 0.3) is 0 Å². The molecule has 0 atom stereocenters. The summed E-state index contributed by atoms with van der Waals surface area (Å²) in [5, 5.41) is 0.917. The van der Waals surface area contributed by atoms with Crippen molar-refractivity contribution in [2.75, 3.05) is 14.1 Å². The van der Waals surface area contributed by atoms with Crippen LogP contribution in [0.2, 0.25) is 10.0 Å². The van der Waals surface area contributed by atoms with Crippen molar-refractivity contribution >= 4 is 29.0 Å². The van der Waals surface area contributed by atoms with E-state index >= 15 is 0 Å². The highest BCUT2D eigenvalue weighted by Crippen LogP contribution is 2.21. The molecule has 0 unspecified atom stereocenters. The van der Waals surface area contributed by atoms with Crippen molar-refractivity contribution in [3.8, 4) is 0 Å². The lowest BCUT2D eigenvalue weighted by molar-refractivity contribution is 0.104. The molecule has 0 N–H and O–H groups in total. The predicted octanol–water partition coefficient (Wildman–Crippen LogP) is 3.64. The molecule has 0 aliphatic carbocycles. The van der Waals surface area contributed by atoms with Crippen LogP contribution in [0.3, 0.4) is 0 Å². The van der Waals surface area contributed by atoms with Gasteiger partial charge >= 0.3 is 0 Å². The zero-order valence-electron chi connectivity index (χ0n) is 9.42. The maximum Gasteiger partial charge on any atom is 0.189 e. The quantitative estimate of drug-likeness (QED) is 0.609. The molecule has 0 bridgehead atoms. The third-order valence-corrected chi connectivity index (χ3v) is 2.80. The van der Waals surface area contributed by atoms with Crippen molar-refractivity contribution in [3.05, 3.63) is 45.6 Å². The Morgan fingerprint density at radius 3 is 2.50 bits per heavy atom. The minimum atomic E-state index is -0.140. The van der Waals surface area contributed by atoms with Crippen LogP contribution in [0.4, 0.5) is 0 Å². The average molecular weight is 258 g/mol. The molecular weight excluding hydrogens is 245 g/mol. The molecule has 1 aromatic rings. The number of carbonyl (C=O) groups excluding carboxylic acids is 1. The fraction of sp³-hybridized carbons (Fsp3) is 0.250. The third kappa shape index (κ3) is 3.26. The molecule has 0 fully saturated rings. The Kier molecular flexibility index (Phi) is 4.39. The van der Waals surface area contributed by atoms with Gasteiger partial charge in [-0.2, -0.15) is 0 Å². The zero-order chi connectivity index (χ0) is 12.3. The molecule has 1 aromatic carbocycles. The summed E-state index contributed by atoms with van der Waals surface area (Å²) in [6.07, 6.45) is 1.54. The molecule has 0 aliphatic heterocycles. The Morgan fingerprint density at radius 2 is 1.94 bits per heavy atom. The fourth-order valence-electron chi connectivity index (χ4n) is 1.08. The van der Waals surface area contributed by atoms with Crippen LogP contribution in [0.1, 0.15) is 17.3 Å². The molecule has 0 amide bonds. The van der Waals surface area contributed by atoms with E-state index in [4.69, 9.17) is 23.2 Å². The number of benzene rings is 1. The molecule has 16 heavy (non-hydrogen) atoms. The Balaban J connectivity index is 3.06. The van der Waals surface area contributed by atoms with Crippen LogP contribution >= 0.6 is 23.2 Å². The number of hydrogen-bond acceptors (Lipinski definition) is 2. The predicted molar refractivity (Wildman–Crippen MR) is 68.2 cm³/mol. The number of halogens is 2. The Morgan fingerprint density at radius 1 is 1.31 bits per heavy atom. The van der Waals surface area contributed by atoms with Gasteiger partial charge in [0.1, 0.15) is 0 Å². The number of ketones is 1. The summed E-state index contributed by atoms with van der Waals surface area (Å²) >= 11 is 11.7. The van der Waals surface area contributed by atoms with E-state index in [1.165, 1.54) is 6.08 Å². The van der Waals surface area contributed by atoms with Crippen LogP contribution in [-0.2, 0) is 0 Å². The van der Waals surface area contributed by atoms with Crippen LogP contribution < -0.4 is 0 Å². The van der Waals surface area contributed by atoms with Gasteiger partial charge in [-0.1, -0.05) is 23.2 Å². The third-order valence-electron chi connectivity index (χ3n) is 2.24. The van der Waals surface area contributed by atoms with Gasteiger partial charge in [0.2, 0.25) is 0 Å². The SMILES string of the molecule is C/C(=C/C(=O)c1cc(Cl)ccc1Cl)N(C)C. The highest BCUT2D eigenvalue weighted by atomic mass is 35.5. The Labute approximate surface area is 105 Å². The number of nitrogens with zero attached hydrogens (tertiary/aromatic N) is 1. The molecule has 0 saturated heterocycles. The molecule has 0 aromatic heterocycles. The summed E-state index contributed by atoms with van der Waals surface area (Å²) in [4.78, 5) is 13.7. The molecule has 0 spiro atoms. The second-order valence-corrected chi connectivity index (χ2v) is 4.51. The lowest BCUT2D eigenvalue weighted by Gasteiger charge is -2.12. The number of rotatable bonds is 3. The van der Waals surface area contributed by atoms with E-state index in [9.17, 15) is 4.79 Å². The van der Waals surface area contributed by atoms with Gasteiger partial charge < -0.3 is 4.90 Å². The first kappa shape index (κ1) is 13.1. The molecule has 4 heteroatoms. The summed E-state index contributed by atoms with van der Waals surface area (Å²) < 4.78 is 0. The maximum absolute atomic E-state index is 11.9. The highest BCUT2D eigenvalue weighted by molar-refractivity contribution is 6.36. The van der Waals surface area contributed by atoms with Crippen molar-refractivity contribution < 1.29 is 4.79 Å². The normalized spacial score (nSPS) is 11.4. The maximum atomic E-state index is 11.9. The van der Waals surface area contributed by atoms with Crippen molar-refractivity contribution in [3.63, 3.8) is 0 Å². The summed E-state index contributed by atoms with van der Waals surface area (Å²) in [5.41, 5.74) is 1.29. The van der Waals surface area contributed by atoms with Gasteiger partial charge in [-0.05, 0) is 25.1 Å². The lowest BCUT2D eigenvalue weighted by Crippen LogP contribution is -2.10. The summed E-state index contributed by atoms with van der Waals surface area (Å²) in [5.74, 6) is -0.140. The average Bonchev–Trinajstić information content (AvgIpc) is 2.21. The van der Waals surface area contributed by atoms with E-state index in [1.807, 2.05) is 25.9 Å². The molecule has 0 saturated carbocycles. The first-order chi connectivity index (χ1) is 7.41. The first-order valence-electron chi connectivity index (χ1n) is 4.77. The van der Waals surface area contributed by atoms with E-state index in [0.29, 0.717) is 15.6 Å². The van der Waals surface area contributed by atoms with Crippen molar-refractivity contribution in [2.45, 2.75) is 6.92 Å². The van der Waals surface area contributed by atoms with Crippen LogP contribution in [0, 0.1) is 0 Å². The van der Waals surface area contributed by atoms with E-state index in [-0.39, 0.29) is 5.78 Å². The van der Waals surface area contributed by atoms with E-state index in [2.05, 4.69) is 0 Å². The Bertz CT molecular complexity index is 439. The largest absolute Gasteiger partial charge is 0.381 e. The minimum Gasteiger partial charge on any atom is -0.381 e. The van der Waals surface area contributed by atoms with E-state index in [0.717, 1.165) is 5.70 Å². The fourth-order valence-corrected chi connectivity index (χ4v) is 1.47. The van der Waals surface area contributed by atoms with Crippen LogP contribution in [-0.4, -0.2) is 24.8 Å². The molecule has 86 valence electrons. The van der Waals surface area contributed by atoms with Gasteiger partial charge in [0.15, 0.2) is 5.78 Å². The molecule has 0 heterocycles. The van der Waals surface area contributed by atoms with Crippen LogP contribution in [0.15, 0.2) is 30.0 Å². The van der Waals surface area contributed by atoms with Crippen molar-refractivity contribution in [1.82, 2.24) is 4.90 Å². The molecule has 0 aliphatic rings. The monoisotopic (exact) mass is 257 g/mol. The molecule has 0 radical (unpaired) electrons. The summed E-state index contributed by atoms with van der Waals surface area (Å²) in [7, 11) is 3.75. The van der Waals surface area contributed by atoms with Crippen molar-refractivity contribution in [1.29, 1.82) is 0 Å². The smallest absolute Gasteiger partial charge is 0.189 e. The van der Waals surface area contributed by atoms with Crippen LogP contribution in [0.5, 0.6) is 0 Å². The second-order valence-electron chi connectivity index (χ2n) is 3.67. The van der Waals surface area contributed by atoms with E-state index in [1.54, 1.807) is 18.2 Å². The zero-order valence-corrected chi connectivity index (χ0v) is 10.9. The topological polar surface area (TPSA) is 20.3 Å². The van der Waals surface area contributed by atoms with Gasteiger partial charge in [0.05, 0.1) is 5.02 Å². The molecule has 2 nitrogen and oxygen atoms in total. The highest BCUT2D eigenvalue weighted by Gasteiger charge is 2.09. The van der Waals surface area contributed by atoms with Crippen LogP contribution in [0.25, 0.3) is 0 Å². The first-order valence-corrected chi connectivity index (χ1v) is 5.52. The number of carbonyl (C=O) groups is 1. The second kappa shape index (κ2) is 5.37. The van der Waals surface area contributed by atoms with Gasteiger partial charge in [0, 0.05) is 36.5 Å². The van der Waals surface area contributed by atoms with Gasteiger partial charge in [-0.25, -0.2) is 0 Å². The molecular formula is C12H13Cl2NO. The van der Waals surface area contributed by atoms with Gasteiger partial charge in [-0.3, -0.25) is 4.79 Å². The van der Waals surface area contributed by atoms with E-state index < -0.39 is 0 Å².